The molecule has 0 atom stereocenters. The first-order valence-corrected chi connectivity index (χ1v) is 11.0. The largest absolute Gasteiger partial charge is 0.416 e. The molecule has 0 spiro atoms. The fourth-order valence-corrected chi connectivity index (χ4v) is 4.14. The zero-order valence-electron chi connectivity index (χ0n) is 19.1. The van der Waals surface area contributed by atoms with Crippen LogP contribution in [0.5, 0.6) is 0 Å². The highest BCUT2D eigenvalue weighted by atomic mass is 19.4. The number of hydrogen-bond acceptors (Lipinski definition) is 4. The summed E-state index contributed by atoms with van der Waals surface area (Å²) in [5.74, 6) is 0.0224. The molecule has 1 aromatic heterocycles. The quantitative estimate of drug-likeness (QED) is 0.272. The average molecular weight is 510 g/mol. The van der Waals surface area contributed by atoms with E-state index >= 15 is 4.39 Å². The molecule has 0 saturated heterocycles. The Labute approximate surface area is 207 Å². The number of carbonyl (C=O) groups is 2. The van der Waals surface area contributed by atoms with E-state index < -0.39 is 23.6 Å². The van der Waals surface area contributed by atoms with E-state index in [0.717, 1.165) is 18.2 Å². The third kappa shape index (κ3) is 4.73. The van der Waals surface area contributed by atoms with Crippen molar-refractivity contribution >= 4 is 23.3 Å². The van der Waals surface area contributed by atoms with Crippen molar-refractivity contribution in [1.29, 1.82) is 0 Å². The van der Waals surface area contributed by atoms with Crippen molar-refractivity contribution in [3.63, 3.8) is 0 Å². The fraction of sp³-hybridized carbons (Fsp3) is 0.120. The molecule has 4 N–H and O–H groups in total. The maximum atomic E-state index is 15.2. The summed E-state index contributed by atoms with van der Waals surface area (Å²) in [5, 5.41) is 15.4. The van der Waals surface area contributed by atoms with E-state index in [0.29, 0.717) is 33.9 Å². The molecule has 2 heterocycles. The van der Waals surface area contributed by atoms with Crippen molar-refractivity contribution in [3.8, 4) is 22.5 Å². The highest BCUT2D eigenvalue weighted by molar-refractivity contribution is 6.06. The summed E-state index contributed by atoms with van der Waals surface area (Å²) in [6.07, 6.45) is -4.56. The van der Waals surface area contributed by atoms with Crippen LogP contribution in [0.25, 0.3) is 22.5 Å². The van der Waals surface area contributed by atoms with Gasteiger partial charge in [0, 0.05) is 29.0 Å². The predicted octanol–water partition coefficient (Wildman–Crippen LogP) is 5.49. The van der Waals surface area contributed by atoms with Gasteiger partial charge in [0.15, 0.2) is 5.82 Å². The third-order valence-corrected chi connectivity index (χ3v) is 5.78. The van der Waals surface area contributed by atoms with Crippen LogP contribution < -0.4 is 16.0 Å². The highest BCUT2D eigenvalue weighted by Crippen LogP contribution is 2.37. The lowest BCUT2D eigenvalue weighted by Gasteiger charge is -2.13. The molecule has 12 heteroatoms. The molecule has 0 bridgehead atoms. The molecule has 0 saturated carbocycles. The van der Waals surface area contributed by atoms with Crippen LogP contribution in [0.1, 0.15) is 27.3 Å². The maximum Gasteiger partial charge on any atom is 0.416 e. The van der Waals surface area contributed by atoms with Crippen molar-refractivity contribution in [1.82, 2.24) is 20.5 Å². The lowest BCUT2D eigenvalue weighted by Crippen LogP contribution is -2.20. The second kappa shape index (κ2) is 9.04. The number of aryl methyl sites for hydroxylation is 1. The minimum Gasteiger partial charge on any atom is -0.348 e. The first kappa shape index (κ1) is 24.0. The molecule has 5 rings (SSSR count). The van der Waals surface area contributed by atoms with Crippen molar-refractivity contribution in [2.45, 2.75) is 19.6 Å². The van der Waals surface area contributed by atoms with E-state index in [1.54, 1.807) is 19.1 Å². The standard InChI is InChI=1S/C25H18F4N6O2/c1-12-31-22(35-34-12)18-8-7-16(19-11-30-23(36)21(18)19)17-6-5-15(10-20(17)26)33-24(37)32-14-4-2-3-13(9-14)25(27,28)29/h2-10H,11H2,1H3,(H,30,36)(H,31,34,35)(H2,32,33,37). The van der Waals surface area contributed by atoms with Gasteiger partial charge in [-0.15, -0.1) is 10.2 Å². The van der Waals surface area contributed by atoms with E-state index in [9.17, 15) is 22.8 Å². The number of benzene rings is 3. The first-order chi connectivity index (χ1) is 17.6. The molecule has 0 fully saturated rings. The van der Waals surface area contributed by atoms with Gasteiger partial charge in [-0.2, -0.15) is 13.2 Å². The number of fused-ring (bicyclic) bond motifs is 1. The van der Waals surface area contributed by atoms with Crippen molar-refractivity contribution in [2.75, 3.05) is 10.6 Å². The number of anilines is 2. The number of urea groups is 1. The molecule has 37 heavy (non-hydrogen) atoms. The Balaban J connectivity index is 1.39. The van der Waals surface area contributed by atoms with Gasteiger partial charge >= 0.3 is 12.2 Å². The van der Waals surface area contributed by atoms with Crippen LogP contribution in [0.2, 0.25) is 0 Å². The SMILES string of the molecule is Cc1nnc(-c2ccc(-c3ccc(NC(=O)Nc4cccc(C(F)(F)F)c4)cc3F)c3c2C(=O)NC3)[nH]1. The van der Waals surface area contributed by atoms with Gasteiger partial charge < -0.3 is 20.9 Å². The number of aromatic amines is 1. The Morgan fingerprint density at radius 2 is 1.65 bits per heavy atom. The third-order valence-electron chi connectivity index (χ3n) is 5.78. The Morgan fingerprint density at radius 1 is 0.946 bits per heavy atom. The maximum absolute atomic E-state index is 15.2. The van der Waals surface area contributed by atoms with Crippen LogP contribution in [0.15, 0.2) is 54.6 Å². The number of H-pyrrole nitrogens is 1. The molecule has 3 aromatic carbocycles. The Kier molecular flexibility index (Phi) is 5.86. The van der Waals surface area contributed by atoms with Crippen molar-refractivity contribution < 1.29 is 27.2 Å². The molecule has 0 radical (unpaired) electrons. The zero-order chi connectivity index (χ0) is 26.3. The number of nitrogens with zero attached hydrogens (tertiary/aromatic N) is 2. The summed E-state index contributed by atoms with van der Waals surface area (Å²) >= 11 is 0. The van der Waals surface area contributed by atoms with Crippen LogP contribution in [0.3, 0.4) is 0 Å². The Hall–Kier alpha value is -4.74. The smallest absolute Gasteiger partial charge is 0.348 e. The second-order valence-electron chi connectivity index (χ2n) is 8.31. The van der Waals surface area contributed by atoms with Gasteiger partial charge in [-0.3, -0.25) is 4.79 Å². The van der Waals surface area contributed by atoms with Gasteiger partial charge in [-0.1, -0.05) is 12.1 Å². The number of hydrogen-bond donors (Lipinski definition) is 4. The van der Waals surface area contributed by atoms with Crippen LogP contribution in [0, 0.1) is 12.7 Å². The Morgan fingerprint density at radius 3 is 2.32 bits per heavy atom. The number of rotatable bonds is 4. The van der Waals surface area contributed by atoms with Crippen LogP contribution in [-0.4, -0.2) is 27.1 Å². The van der Waals surface area contributed by atoms with E-state index in [1.165, 1.54) is 24.3 Å². The summed E-state index contributed by atoms with van der Waals surface area (Å²) in [4.78, 5) is 27.8. The average Bonchev–Trinajstić information content (AvgIpc) is 3.44. The normalized spacial score (nSPS) is 12.7. The number of amides is 3. The molecule has 4 aromatic rings. The molecule has 3 amide bonds. The highest BCUT2D eigenvalue weighted by Gasteiger charge is 2.31. The molecule has 188 valence electrons. The Bertz CT molecular complexity index is 1550. The van der Waals surface area contributed by atoms with E-state index in [-0.39, 0.29) is 29.4 Å². The predicted molar refractivity (Wildman–Crippen MR) is 127 cm³/mol. The molecule has 1 aliphatic rings. The molecule has 1 aliphatic heterocycles. The first-order valence-electron chi connectivity index (χ1n) is 11.0. The molecule has 8 nitrogen and oxygen atoms in total. The lowest BCUT2D eigenvalue weighted by molar-refractivity contribution is -0.137. The minimum atomic E-state index is -4.56. The van der Waals surface area contributed by atoms with Crippen molar-refractivity contribution in [3.05, 3.63) is 82.9 Å². The van der Waals surface area contributed by atoms with Gasteiger partial charge in [0.2, 0.25) is 0 Å². The van der Waals surface area contributed by atoms with Gasteiger partial charge in [0.1, 0.15) is 11.6 Å². The van der Waals surface area contributed by atoms with Gasteiger partial charge in [0.25, 0.3) is 5.91 Å². The fourth-order valence-electron chi connectivity index (χ4n) is 4.14. The number of carbonyl (C=O) groups excluding carboxylic acids is 2. The van der Waals surface area contributed by atoms with Gasteiger partial charge in [-0.05, 0) is 60.5 Å². The number of alkyl halides is 3. The van der Waals surface area contributed by atoms with E-state index in [1.807, 2.05) is 0 Å². The van der Waals surface area contributed by atoms with Gasteiger partial charge in [-0.25, -0.2) is 9.18 Å². The summed E-state index contributed by atoms with van der Waals surface area (Å²) in [5.41, 5.74) is 1.31. The topological polar surface area (TPSA) is 112 Å². The van der Waals surface area contributed by atoms with Crippen LogP contribution in [0.4, 0.5) is 33.7 Å². The summed E-state index contributed by atoms with van der Waals surface area (Å²) < 4.78 is 53.8. The molecule has 0 aliphatic carbocycles. The molecular formula is C25H18F4N6O2. The van der Waals surface area contributed by atoms with Gasteiger partial charge in [0.05, 0.1) is 11.1 Å². The van der Waals surface area contributed by atoms with E-state index in [4.69, 9.17) is 0 Å². The molecule has 0 unspecified atom stereocenters. The number of aromatic nitrogens is 3. The summed E-state index contributed by atoms with van der Waals surface area (Å²) in [6, 6.07) is 10.6. The van der Waals surface area contributed by atoms with Crippen molar-refractivity contribution in [2.24, 2.45) is 0 Å². The second-order valence-corrected chi connectivity index (χ2v) is 8.31. The zero-order valence-corrected chi connectivity index (χ0v) is 19.1. The summed E-state index contributed by atoms with van der Waals surface area (Å²) in [7, 11) is 0. The van der Waals surface area contributed by atoms with E-state index in [2.05, 4.69) is 31.1 Å². The number of halogens is 4. The minimum absolute atomic E-state index is 0.0702. The number of nitrogens with one attached hydrogen (secondary N) is 4. The van der Waals surface area contributed by atoms with Crippen LogP contribution >= 0.6 is 0 Å². The van der Waals surface area contributed by atoms with Crippen LogP contribution in [-0.2, 0) is 12.7 Å². The summed E-state index contributed by atoms with van der Waals surface area (Å²) in [6.45, 7) is 1.93. The molecular weight excluding hydrogens is 492 g/mol. The lowest BCUT2D eigenvalue weighted by atomic mass is 9.92. The monoisotopic (exact) mass is 510 g/mol.